The van der Waals surface area contributed by atoms with Crippen LogP contribution in [-0.2, 0) is 20.9 Å². The van der Waals surface area contributed by atoms with Crippen LogP contribution in [0.25, 0.3) is 0 Å². The minimum Gasteiger partial charge on any atom is -0.494 e. The molecule has 39 heavy (non-hydrogen) atoms. The predicted octanol–water partition coefficient (Wildman–Crippen LogP) is 6.08. The second-order valence-electron chi connectivity index (χ2n) is 8.49. The summed E-state index contributed by atoms with van der Waals surface area (Å²) in [5.74, 6) is -0.352. The maximum atomic E-state index is 13.4. The van der Waals surface area contributed by atoms with Gasteiger partial charge in [0.2, 0.25) is 11.8 Å². The van der Waals surface area contributed by atoms with Crippen LogP contribution in [0.3, 0.4) is 0 Å². The van der Waals surface area contributed by atoms with E-state index >= 15 is 0 Å². The van der Waals surface area contributed by atoms with Crippen molar-refractivity contribution in [3.63, 3.8) is 0 Å². The van der Waals surface area contributed by atoms with Crippen molar-refractivity contribution in [2.45, 2.75) is 32.1 Å². The molecule has 1 aliphatic rings. The number of hydrogen-bond donors (Lipinski definition) is 1. The number of rotatable bonds is 9. The highest BCUT2D eigenvalue weighted by Crippen LogP contribution is 2.32. The van der Waals surface area contributed by atoms with Gasteiger partial charge in [-0.15, -0.1) is 0 Å². The van der Waals surface area contributed by atoms with Crippen LogP contribution >= 0.6 is 23.4 Å². The van der Waals surface area contributed by atoms with Gasteiger partial charge in [-0.2, -0.15) is 0 Å². The molecular weight excluding hydrogens is 538 g/mol. The molecule has 4 rings (SSSR count). The summed E-state index contributed by atoms with van der Waals surface area (Å²) in [7, 11) is 0. The molecule has 3 aromatic carbocycles. The van der Waals surface area contributed by atoms with Crippen LogP contribution in [0.15, 0.2) is 77.8 Å². The largest absolute Gasteiger partial charge is 0.494 e. The van der Waals surface area contributed by atoms with E-state index in [4.69, 9.17) is 21.1 Å². The summed E-state index contributed by atoms with van der Waals surface area (Å²) in [6.45, 7) is 4.61. The van der Waals surface area contributed by atoms with Gasteiger partial charge >= 0.3 is 5.97 Å². The number of anilines is 1. The molecule has 2 amide bonds. The van der Waals surface area contributed by atoms with Crippen molar-refractivity contribution in [2.24, 2.45) is 4.99 Å². The van der Waals surface area contributed by atoms with E-state index in [0.29, 0.717) is 39.5 Å². The molecule has 0 aliphatic carbocycles. The van der Waals surface area contributed by atoms with Gasteiger partial charge in [-0.25, -0.2) is 9.79 Å². The molecule has 8 nitrogen and oxygen atoms in total. The molecule has 0 aromatic heterocycles. The summed E-state index contributed by atoms with van der Waals surface area (Å²) in [5.41, 5.74) is 2.25. The number of ether oxygens (including phenoxy) is 2. The normalized spacial score (nSPS) is 16.2. The van der Waals surface area contributed by atoms with E-state index in [1.165, 1.54) is 16.7 Å². The SMILES string of the molecule is CCOC(=O)c1ccc(N=C2SC(C(=O)Nc3cccc(OCC)c3)CC(=O)N2Cc2ccccc2Cl)cc1. The molecule has 0 bridgehead atoms. The third kappa shape index (κ3) is 7.40. The first-order chi connectivity index (χ1) is 18.9. The fourth-order valence-corrected chi connectivity index (χ4v) is 5.14. The minimum atomic E-state index is -0.701. The number of hydrogen-bond acceptors (Lipinski definition) is 7. The van der Waals surface area contributed by atoms with Gasteiger partial charge in [0.05, 0.1) is 31.0 Å². The monoisotopic (exact) mass is 565 g/mol. The molecule has 202 valence electrons. The summed E-state index contributed by atoms with van der Waals surface area (Å²) in [6.07, 6.45) is -0.00702. The number of esters is 1. The Labute approximate surface area is 236 Å². The Kier molecular flexibility index (Phi) is 9.62. The van der Waals surface area contributed by atoms with Crippen molar-refractivity contribution in [2.75, 3.05) is 18.5 Å². The van der Waals surface area contributed by atoms with E-state index in [9.17, 15) is 14.4 Å². The topological polar surface area (TPSA) is 97.3 Å². The number of thioether (sulfide) groups is 1. The van der Waals surface area contributed by atoms with Gasteiger partial charge in [0.25, 0.3) is 0 Å². The standard InChI is InChI=1S/C29H28ClN3O5S/c1-3-37-23-10-7-9-22(16-23)31-27(35)25-17-26(34)33(18-20-8-5-6-11-24(20)30)29(39-25)32-21-14-12-19(13-15-21)28(36)38-4-2/h5-16,25H,3-4,17-18H2,1-2H3,(H,31,35). The van der Waals surface area contributed by atoms with E-state index in [0.717, 1.165) is 5.56 Å². The summed E-state index contributed by atoms with van der Waals surface area (Å²) < 4.78 is 10.6. The van der Waals surface area contributed by atoms with Gasteiger partial charge in [0, 0.05) is 23.2 Å². The Morgan fingerprint density at radius 2 is 1.82 bits per heavy atom. The van der Waals surface area contributed by atoms with Gasteiger partial charge in [0.15, 0.2) is 5.17 Å². The number of benzene rings is 3. The second-order valence-corrected chi connectivity index (χ2v) is 10.1. The number of halogens is 1. The maximum Gasteiger partial charge on any atom is 0.338 e. The van der Waals surface area contributed by atoms with E-state index in [1.54, 1.807) is 55.5 Å². The summed E-state index contributed by atoms with van der Waals surface area (Å²) in [4.78, 5) is 44.8. The zero-order valence-corrected chi connectivity index (χ0v) is 23.1. The molecule has 1 atom stereocenters. The van der Waals surface area contributed by atoms with Gasteiger partial charge in [-0.1, -0.05) is 47.6 Å². The van der Waals surface area contributed by atoms with Gasteiger partial charge in [-0.05, 0) is 61.9 Å². The van der Waals surface area contributed by atoms with Crippen molar-refractivity contribution in [1.82, 2.24) is 4.90 Å². The molecule has 1 saturated heterocycles. The van der Waals surface area contributed by atoms with Gasteiger partial charge in [0.1, 0.15) is 11.0 Å². The highest BCUT2D eigenvalue weighted by atomic mass is 35.5. The van der Waals surface area contributed by atoms with Crippen molar-refractivity contribution < 1.29 is 23.9 Å². The summed E-state index contributed by atoms with van der Waals surface area (Å²) in [5, 5.41) is 3.07. The average molecular weight is 566 g/mol. The minimum absolute atomic E-state index is 0.00702. The fourth-order valence-electron chi connectivity index (χ4n) is 3.84. The van der Waals surface area contributed by atoms with Crippen LogP contribution in [0.1, 0.15) is 36.2 Å². The molecule has 1 unspecified atom stereocenters. The Balaban J connectivity index is 1.59. The van der Waals surface area contributed by atoms with Crippen LogP contribution in [0.4, 0.5) is 11.4 Å². The number of amides is 2. The van der Waals surface area contributed by atoms with Crippen molar-refractivity contribution >= 4 is 57.7 Å². The van der Waals surface area contributed by atoms with Gasteiger partial charge < -0.3 is 14.8 Å². The van der Waals surface area contributed by atoms with Crippen LogP contribution in [0.2, 0.25) is 5.02 Å². The highest BCUT2D eigenvalue weighted by Gasteiger charge is 2.36. The number of amidine groups is 1. The molecule has 0 radical (unpaired) electrons. The molecule has 0 saturated carbocycles. The average Bonchev–Trinajstić information content (AvgIpc) is 2.92. The number of carbonyl (C=O) groups excluding carboxylic acids is 3. The zero-order chi connectivity index (χ0) is 27.8. The van der Waals surface area contributed by atoms with E-state index in [1.807, 2.05) is 31.2 Å². The molecular formula is C29H28ClN3O5S. The van der Waals surface area contributed by atoms with E-state index < -0.39 is 11.2 Å². The number of carbonyl (C=O) groups is 3. The van der Waals surface area contributed by atoms with Crippen LogP contribution in [-0.4, -0.2) is 46.3 Å². The lowest BCUT2D eigenvalue weighted by Crippen LogP contribution is -2.44. The Hall–Kier alpha value is -3.82. The van der Waals surface area contributed by atoms with E-state index in [-0.39, 0.29) is 31.4 Å². The molecule has 10 heteroatoms. The Bertz CT molecular complexity index is 1380. The van der Waals surface area contributed by atoms with Crippen molar-refractivity contribution in [3.8, 4) is 5.75 Å². The van der Waals surface area contributed by atoms with Gasteiger partial charge in [-0.3, -0.25) is 14.5 Å². The summed E-state index contributed by atoms with van der Waals surface area (Å²) >= 11 is 7.57. The Morgan fingerprint density at radius 3 is 2.54 bits per heavy atom. The molecule has 1 heterocycles. The molecule has 1 N–H and O–H groups in total. The fraction of sp³-hybridized carbons (Fsp3) is 0.241. The van der Waals surface area contributed by atoms with Crippen LogP contribution < -0.4 is 10.1 Å². The van der Waals surface area contributed by atoms with Crippen LogP contribution in [0.5, 0.6) is 5.75 Å². The van der Waals surface area contributed by atoms with Crippen molar-refractivity contribution in [1.29, 1.82) is 0 Å². The zero-order valence-electron chi connectivity index (χ0n) is 21.6. The molecule has 0 spiro atoms. The lowest BCUT2D eigenvalue weighted by atomic mass is 10.2. The first-order valence-electron chi connectivity index (χ1n) is 12.5. The quantitative estimate of drug-likeness (QED) is 0.316. The number of nitrogens with one attached hydrogen (secondary N) is 1. The highest BCUT2D eigenvalue weighted by molar-refractivity contribution is 8.15. The molecule has 1 fully saturated rings. The van der Waals surface area contributed by atoms with Crippen LogP contribution in [0, 0.1) is 0 Å². The second kappa shape index (κ2) is 13.3. The third-order valence-electron chi connectivity index (χ3n) is 5.73. The summed E-state index contributed by atoms with van der Waals surface area (Å²) in [6, 6.07) is 20.9. The van der Waals surface area contributed by atoms with Crippen molar-refractivity contribution in [3.05, 3.63) is 88.9 Å². The first kappa shape index (κ1) is 28.2. The Morgan fingerprint density at radius 1 is 1.05 bits per heavy atom. The smallest absolute Gasteiger partial charge is 0.338 e. The number of aliphatic imine (C=N–C) groups is 1. The molecule has 3 aromatic rings. The molecule has 1 aliphatic heterocycles. The number of nitrogens with zero attached hydrogens (tertiary/aromatic N) is 2. The predicted molar refractivity (Wildman–Crippen MR) is 154 cm³/mol. The maximum absolute atomic E-state index is 13.4. The lowest BCUT2D eigenvalue weighted by molar-refractivity contribution is -0.129. The third-order valence-corrected chi connectivity index (χ3v) is 7.29. The lowest BCUT2D eigenvalue weighted by Gasteiger charge is -2.32. The van der Waals surface area contributed by atoms with E-state index in [2.05, 4.69) is 10.3 Å². The first-order valence-corrected chi connectivity index (χ1v) is 13.7.